The van der Waals surface area contributed by atoms with Gasteiger partial charge in [0.2, 0.25) is 5.91 Å². The molecule has 0 atom stereocenters. The number of fused-ring (bicyclic) bond motifs is 1. The van der Waals surface area contributed by atoms with Crippen molar-refractivity contribution in [2.24, 2.45) is 0 Å². The number of nitrogens with one attached hydrogen (secondary N) is 2. The van der Waals surface area contributed by atoms with Crippen LogP contribution in [0.3, 0.4) is 0 Å². The van der Waals surface area contributed by atoms with E-state index in [1.54, 1.807) is 0 Å². The minimum atomic E-state index is -0.581. The molecule has 1 heterocycles. The molecular formula is C12H13N3O4. The minimum Gasteiger partial charge on any atom is -0.507 e. The highest BCUT2D eigenvalue weighted by atomic mass is 16.3. The van der Waals surface area contributed by atoms with Gasteiger partial charge < -0.3 is 15.4 Å². The number of benzene rings is 1. The molecule has 0 bridgehead atoms. The molecule has 100 valence electrons. The first-order valence-corrected chi connectivity index (χ1v) is 5.70. The summed E-state index contributed by atoms with van der Waals surface area (Å²) in [5, 5.41) is 12.2. The fourth-order valence-corrected chi connectivity index (χ4v) is 1.83. The average Bonchev–Trinajstić information content (AvgIpc) is 2.32. The number of aromatic hydroxyl groups is 1. The number of aromatic nitrogens is 2. The number of H-pyrrole nitrogens is 1. The van der Waals surface area contributed by atoms with Crippen LogP contribution >= 0.6 is 0 Å². The maximum absolute atomic E-state index is 12.1. The van der Waals surface area contributed by atoms with Gasteiger partial charge in [-0.25, -0.2) is 4.79 Å². The molecule has 2 aromatic rings. The van der Waals surface area contributed by atoms with E-state index < -0.39 is 11.2 Å². The Hall–Kier alpha value is -2.57. The highest BCUT2D eigenvalue weighted by Crippen LogP contribution is 2.17. The monoisotopic (exact) mass is 263 g/mol. The average molecular weight is 263 g/mol. The molecule has 0 fully saturated rings. The number of amides is 1. The summed E-state index contributed by atoms with van der Waals surface area (Å²) in [5.41, 5.74) is -0.874. The van der Waals surface area contributed by atoms with Gasteiger partial charge in [-0.1, -0.05) is 6.07 Å². The molecular weight excluding hydrogens is 250 g/mol. The zero-order valence-corrected chi connectivity index (χ0v) is 10.3. The third-order valence-corrected chi connectivity index (χ3v) is 2.70. The third-order valence-electron chi connectivity index (χ3n) is 2.70. The molecule has 19 heavy (non-hydrogen) atoms. The van der Waals surface area contributed by atoms with Crippen molar-refractivity contribution in [1.29, 1.82) is 0 Å². The number of hydrogen-bond acceptors (Lipinski definition) is 4. The van der Waals surface area contributed by atoms with E-state index in [1.165, 1.54) is 25.1 Å². The molecule has 0 aliphatic heterocycles. The van der Waals surface area contributed by atoms with E-state index in [4.69, 9.17) is 0 Å². The first-order chi connectivity index (χ1) is 9.00. The summed E-state index contributed by atoms with van der Waals surface area (Å²) in [5.74, 6) is -0.430. The lowest BCUT2D eigenvalue weighted by Gasteiger charge is -2.07. The van der Waals surface area contributed by atoms with Crippen LogP contribution < -0.4 is 16.6 Å². The number of carbonyl (C=O) groups is 1. The van der Waals surface area contributed by atoms with Gasteiger partial charge in [0.15, 0.2) is 0 Å². The second kappa shape index (κ2) is 4.97. The molecule has 0 aliphatic carbocycles. The van der Waals surface area contributed by atoms with Crippen molar-refractivity contribution in [1.82, 2.24) is 14.9 Å². The van der Waals surface area contributed by atoms with Crippen molar-refractivity contribution < 1.29 is 9.90 Å². The molecule has 0 spiro atoms. The Morgan fingerprint density at radius 1 is 1.42 bits per heavy atom. The van der Waals surface area contributed by atoms with Gasteiger partial charge in [0.1, 0.15) is 11.1 Å². The van der Waals surface area contributed by atoms with Crippen LogP contribution in [0.2, 0.25) is 0 Å². The zero-order valence-electron chi connectivity index (χ0n) is 10.3. The smallest absolute Gasteiger partial charge is 0.328 e. The fraction of sp³-hybridized carbons (Fsp3) is 0.250. The van der Waals surface area contributed by atoms with Crippen LogP contribution in [-0.2, 0) is 11.3 Å². The Morgan fingerprint density at radius 2 is 2.16 bits per heavy atom. The molecule has 1 aromatic heterocycles. The molecule has 0 saturated carbocycles. The fourth-order valence-electron chi connectivity index (χ4n) is 1.83. The first kappa shape index (κ1) is 12.9. The van der Waals surface area contributed by atoms with Crippen molar-refractivity contribution >= 4 is 16.8 Å². The summed E-state index contributed by atoms with van der Waals surface area (Å²) >= 11 is 0. The van der Waals surface area contributed by atoms with E-state index in [0.29, 0.717) is 0 Å². The molecule has 0 radical (unpaired) electrons. The molecule has 1 aromatic carbocycles. The Morgan fingerprint density at radius 3 is 2.84 bits per heavy atom. The molecule has 0 unspecified atom stereocenters. The van der Waals surface area contributed by atoms with E-state index in [1.807, 2.05) is 0 Å². The van der Waals surface area contributed by atoms with Crippen molar-refractivity contribution in [3.63, 3.8) is 0 Å². The lowest BCUT2D eigenvalue weighted by molar-refractivity contribution is -0.118. The van der Waals surface area contributed by atoms with Crippen LogP contribution in [-0.4, -0.2) is 27.1 Å². The maximum atomic E-state index is 12.1. The Labute approximate surface area is 107 Å². The summed E-state index contributed by atoms with van der Waals surface area (Å²) in [6.07, 6.45) is 0. The Bertz CT molecular complexity index is 745. The Kier molecular flexibility index (Phi) is 3.37. The van der Waals surface area contributed by atoms with Gasteiger partial charge in [-0.05, 0) is 12.1 Å². The predicted molar refractivity (Wildman–Crippen MR) is 69.2 cm³/mol. The van der Waals surface area contributed by atoms with Crippen molar-refractivity contribution in [2.45, 2.75) is 13.5 Å². The lowest BCUT2D eigenvalue weighted by Crippen LogP contribution is -2.38. The number of rotatable bonds is 3. The SMILES string of the molecule is CC(=O)NCCn1c(=O)[nH]c2cccc(O)c2c1=O. The largest absolute Gasteiger partial charge is 0.507 e. The highest BCUT2D eigenvalue weighted by molar-refractivity contribution is 5.83. The van der Waals surface area contributed by atoms with Gasteiger partial charge in [-0.15, -0.1) is 0 Å². The van der Waals surface area contributed by atoms with Gasteiger partial charge in [-0.3, -0.25) is 14.2 Å². The summed E-state index contributed by atoms with van der Waals surface area (Å²) in [4.78, 5) is 37.1. The summed E-state index contributed by atoms with van der Waals surface area (Å²) < 4.78 is 0.942. The number of hydrogen-bond donors (Lipinski definition) is 3. The van der Waals surface area contributed by atoms with Crippen LogP contribution in [0.1, 0.15) is 6.92 Å². The van der Waals surface area contributed by atoms with E-state index >= 15 is 0 Å². The Balaban J connectivity index is 2.50. The van der Waals surface area contributed by atoms with Crippen molar-refractivity contribution in [2.75, 3.05) is 6.54 Å². The van der Waals surface area contributed by atoms with Gasteiger partial charge in [-0.2, -0.15) is 0 Å². The normalized spacial score (nSPS) is 10.6. The van der Waals surface area contributed by atoms with Crippen molar-refractivity contribution in [3.8, 4) is 5.75 Å². The van der Waals surface area contributed by atoms with Crippen LogP contribution in [0.4, 0.5) is 0 Å². The third kappa shape index (κ3) is 2.49. The van der Waals surface area contributed by atoms with Gasteiger partial charge >= 0.3 is 5.69 Å². The number of phenols is 1. The van der Waals surface area contributed by atoms with E-state index in [2.05, 4.69) is 10.3 Å². The summed E-state index contributed by atoms with van der Waals surface area (Å²) in [6, 6.07) is 4.45. The molecule has 3 N–H and O–H groups in total. The molecule has 0 saturated heterocycles. The molecule has 1 amide bonds. The highest BCUT2D eigenvalue weighted by Gasteiger charge is 2.10. The topological polar surface area (TPSA) is 104 Å². The number of aromatic amines is 1. The quantitative estimate of drug-likeness (QED) is 0.696. The second-order valence-electron chi connectivity index (χ2n) is 4.07. The predicted octanol–water partition coefficient (Wildman–Crippen LogP) is -0.469. The van der Waals surface area contributed by atoms with Crippen LogP contribution in [0, 0.1) is 0 Å². The van der Waals surface area contributed by atoms with Gasteiger partial charge in [0, 0.05) is 20.0 Å². The maximum Gasteiger partial charge on any atom is 0.328 e. The van der Waals surface area contributed by atoms with E-state index in [9.17, 15) is 19.5 Å². The summed E-state index contributed by atoms with van der Waals surface area (Å²) in [6.45, 7) is 1.55. The van der Waals surface area contributed by atoms with Crippen molar-refractivity contribution in [3.05, 3.63) is 39.0 Å². The standard InChI is InChI=1S/C12H13N3O4/c1-7(16)13-5-6-15-11(18)10-8(14-12(15)19)3-2-4-9(10)17/h2-4,17H,5-6H2,1H3,(H,13,16)(H,14,19). The number of carbonyl (C=O) groups excluding carboxylic acids is 1. The van der Waals surface area contributed by atoms with Crippen LogP contribution in [0.5, 0.6) is 5.75 Å². The van der Waals surface area contributed by atoms with Gasteiger partial charge in [0.25, 0.3) is 5.56 Å². The zero-order chi connectivity index (χ0) is 14.0. The van der Waals surface area contributed by atoms with E-state index in [-0.39, 0.29) is 35.6 Å². The number of phenolic OH excluding ortho intramolecular Hbond substituents is 1. The first-order valence-electron chi connectivity index (χ1n) is 5.70. The molecule has 2 rings (SSSR count). The lowest BCUT2D eigenvalue weighted by atomic mass is 10.2. The molecule has 7 heteroatoms. The minimum absolute atomic E-state index is 0.0397. The molecule has 0 aliphatic rings. The number of nitrogens with zero attached hydrogens (tertiary/aromatic N) is 1. The van der Waals surface area contributed by atoms with E-state index in [0.717, 1.165) is 4.57 Å². The second-order valence-corrected chi connectivity index (χ2v) is 4.07. The summed E-state index contributed by atoms with van der Waals surface area (Å²) in [7, 11) is 0. The van der Waals surface area contributed by atoms with Gasteiger partial charge in [0.05, 0.1) is 5.52 Å². The van der Waals surface area contributed by atoms with Crippen LogP contribution in [0.25, 0.3) is 10.9 Å². The van der Waals surface area contributed by atoms with Crippen LogP contribution in [0.15, 0.2) is 27.8 Å². The molecule has 7 nitrogen and oxygen atoms in total.